The maximum atomic E-state index is 6.17. The Balaban J connectivity index is 1.86. The van der Waals surface area contributed by atoms with E-state index in [0.29, 0.717) is 0 Å². The summed E-state index contributed by atoms with van der Waals surface area (Å²) < 4.78 is 12.3. The van der Waals surface area contributed by atoms with Crippen molar-refractivity contribution in [1.29, 1.82) is 0 Å². The van der Waals surface area contributed by atoms with E-state index >= 15 is 0 Å². The maximum absolute atomic E-state index is 6.17. The molecule has 1 heterocycles. The Bertz CT molecular complexity index is 556. The van der Waals surface area contributed by atoms with Gasteiger partial charge in [-0.2, -0.15) is 0 Å². The highest BCUT2D eigenvalue weighted by Gasteiger charge is 2.56. The molecular formula is C17H21BO2. The second-order valence-electron chi connectivity index (χ2n) is 6.64. The molecular weight excluding hydrogens is 247 g/mol. The minimum Gasteiger partial charge on any atom is -0.403 e. The van der Waals surface area contributed by atoms with Crippen LogP contribution in [0.25, 0.3) is 5.57 Å². The Kier molecular flexibility index (Phi) is 2.96. The molecule has 1 aliphatic carbocycles. The Morgan fingerprint density at radius 3 is 2.05 bits per heavy atom. The molecule has 1 aromatic rings. The van der Waals surface area contributed by atoms with Crippen LogP contribution in [0.3, 0.4) is 0 Å². The van der Waals surface area contributed by atoms with Gasteiger partial charge in [-0.1, -0.05) is 43.0 Å². The normalized spacial score (nSPS) is 27.2. The lowest BCUT2D eigenvalue weighted by molar-refractivity contribution is 0.00578. The predicted octanol–water partition coefficient (Wildman–Crippen LogP) is 4.10. The molecule has 1 fully saturated rings. The van der Waals surface area contributed by atoms with Crippen LogP contribution in [0, 0.1) is 0 Å². The fraction of sp³-hybridized carbons (Fsp3) is 0.412. The molecule has 2 aliphatic rings. The Hall–Kier alpha value is -1.32. The van der Waals surface area contributed by atoms with E-state index in [-0.39, 0.29) is 24.1 Å². The van der Waals surface area contributed by atoms with Crippen molar-refractivity contribution in [3.63, 3.8) is 0 Å². The van der Waals surface area contributed by atoms with Crippen molar-refractivity contribution in [1.82, 2.24) is 0 Å². The number of allylic oxidation sites excluding steroid dienone is 3. The molecule has 0 radical (unpaired) electrons. The van der Waals surface area contributed by atoms with E-state index in [9.17, 15) is 0 Å². The molecule has 0 N–H and O–H groups in total. The van der Waals surface area contributed by atoms with Gasteiger partial charge in [0.1, 0.15) is 0 Å². The van der Waals surface area contributed by atoms with Crippen molar-refractivity contribution in [2.24, 2.45) is 0 Å². The van der Waals surface area contributed by atoms with E-state index in [1.54, 1.807) is 0 Å². The summed E-state index contributed by atoms with van der Waals surface area (Å²) >= 11 is 0. The third kappa shape index (κ3) is 1.97. The van der Waals surface area contributed by atoms with Gasteiger partial charge in [-0.3, -0.25) is 0 Å². The van der Waals surface area contributed by atoms with Crippen molar-refractivity contribution >= 4 is 12.7 Å². The minimum absolute atomic E-state index is 0.137. The van der Waals surface area contributed by atoms with Crippen molar-refractivity contribution in [2.75, 3.05) is 0 Å². The predicted molar refractivity (Wildman–Crippen MR) is 83.4 cm³/mol. The highest BCUT2D eigenvalue weighted by atomic mass is 16.7. The molecule has 0 amide bonds. The highest BCUT2D eigenvalue weighted by Crippen LogP contribution is 2.51. The maximum Gasteiger partial charge on any atom is 0.470 e. The highest BCUT2D eigenvalue weighted by molar-refractivity contribution is 6.53. The molecule has 3 heteroatoms. The molecule has 3 rings (SSSR count). The average Bonchev–Trinajstić information content (AvgIpc) is 2.55. The summed E-state index contributed by atoms with van der Waals surface area (Å²) in [6, 6.07) is 10.4. The van der Waals surface area contributed by atoms with E-state index in [1.165, 1.54) is 11.1 Å². The van der Waals surface area contributed by atoms with Crippen molar-refractivity contribution in [3.8, 4) is 0 Å². The third-order valence-corrected chi connectivity index (χ3v) is 4.73. The first-order chi connectivity index (χ1) is 9.32. The lowest BCUT2D eigenvalue weighted by Gasteiger charge is -2.32. The van der Waals surface area contributed by atoms with Crippen LogP contribution >= 0.6 is 0 Å². The third-order valence-electron chi connectivity index (χ3n) is 4.73. The quantitative estimate of drug-likeness (QED) is 0.752. The Labute approximate surface area is 121 Å². The lowest BCUT2D eigenvalue weighted by Crippen LogP contribution is -2.41. The second-order valence-corrected chi connectivity index (χ2v) is 6.64. The monoisotopic (exact) mass is 268 g/mol. The molecule has 0 saturated carbocycles. The van der Waals surface area contributed by atoms with Crippen LogP contribution < -0.4 is 0 Å². The van der Waals surface area contributed by atoms with Gasteiger partial charge in [0, 0.05) is 5.82 Å². The second kappa shape index (κ2) is 4.34. The van der Waals surface area contributed by atoms with Gasteiger partial charge in [0.05, 0.1) is 11.2 Å². The molecule has 0 aromatic heterocycles. The standard InChI is InChI=1S/C17H21BO2/c1-12-11-14(13-9-7-6-8-10-13)15(12)18-19-16(2,3)17(4,5)20-18/h6-11,15H,1H2,2-5H3. The zero-order valence-electron chi connectivity index (χ0n) is 12.6. The van der Waals surface area contributed by atoms with Crippen LogP contribution in [0.5, 0.6) is 0 Å². The zero-order valence-corrected chi connectivity index (χ0v) is 12.6. The summed E-state index contributed by atoms with van der Waals surface area (Å²) in [5, 5.41) is 0. The van der Waals surface area contributed by atoms with Gasteiger partial charge in [0.2, 0.25) is 0 Å². The van der Waals surface area contributed by atoms with Gasteiger partial charge >= 0.3 is 7.12 Å². The van der Waals surface area contributed by atoms with E-state index < -0.39 is 0 Å². The van der Waals surface area contributed by atoms with Gasteiger partial charge in [0.25, 0.3) is 0 Å². The molecule has 104 valence electrons. The molecule has 20 heavy (non-hydrogen) atoms. The topological polar surface area (TPSA) is 18.5 Å². The molecule has 2 nitrogen and oxygen atoms in total. The van der Waals surface area contributed by atoms with Gasteiger partial charge in [-0.05, 0) is 44.4 Å². The summed E-state index contributed by atoms with van der Waals surface area (Å²) in [5.74, 6) is 0.137. The van der Waals surface area contributed by atoms with Crippen LogP contribution in [0.15, 0.2) is 48.6 Å². The summed E-state index contributed by atoms with van der Waals surface area (Å²) in [4.78, 5) is 0. The van der Waals surface area contributed by atoms with Crippen LogP contribution in [0.4, 0.5) is 0 Å². The minimum atomic E-state index is -0.296. The van der Waals surface area contributed by atoms with Gasteiger partial charge in [-0.25, -0.2) is 0 Å². The van der Waals surface area contributed by atoms with Crippen LogP contribution in [0.2, 0.25) is 5.82 Å². The number of benzene rings is 1. The first-order valence-electron chi connectivity index (χ1n) is 7.13. The zero-order chi connectivity index (χ0) is 14.5. The van der Waals surface area contributed by atoms with E-state index in [2.05, 4.69) is 64.6 Å². The van der Waals surface area contributed by atoms with Crippen LogP contribution in [-0.4, -0.2) is 18.3 Å². The number of rotatable bonds is 2. The lowest BCUT2D eigenvalue weighted by atomic mass is 9.56. The van der Waals surface area contributed by atoms with Crippen molar-refractivity contribution in [2.45, 2.75) is 44.7 Å². The Morgan fingerprint density at radius 1 is 1.00 bits per heavy atom. The summed E-state index contributed by atoms with van der Waals surface area (Å²) in [6.07, 6.45) is 2.13. The molecule has 1 unspecified atom stereocenters. The summed E-state index contributed by atoms with van der Waals surface area (Å²) in [6.45, 7) is 12.5. The molecule has 0 spiro atoms. The van der Waals surface area contributed by atoms with Crippen molar-refractivity contribution < 1.29 is 9.31 Å². The molecule has 1 aromatic carbocycles. The number of hydrogen-bond donors (Lipinski definition) is 0. The van der Waals surface area contributed by atoms with E-state index in [0.717, 1.165) is 5.57 Å². The van der Waals surface area contributed by atoms with Gasteiger partial charge in [0.15, 0.2) is 0 Å². The fourth-order valence-electron chi connectivity index (χ4n) is 2.72. The average molecular weight is 268 g/mol. The van der Waals surface area contributed by atoms with Gasteiger partial charge in [-0.15, -0.1) is 0 Å². The van der Waals surface area contributed by atoms with E-state index in [1.807, 2.05) is 6.07 Å². The fourth-order valence-corrected chi connectivity index (χ4v) is 2.72. The van der Waals surface area contributed by atoms with Crippen molar-refractivity contribution in [3.05, 3.63) is 54.1 Å². The largest absolute Gasteiger partial charge is 0.470 e. The first-order valence-corrected chi connectivity index (χ1v) is 7.13. The molecule has 1 aliphatic heterocycles. The summed E-state index contributed by atoms with van der Waals surface area (Å²) in [5.41, 5.74) is 2.97. The van der Waals surface area contributed by atoms with Gasteiger partial charge < -0.3 is 9.31 Å². The molecule has 1 saturated heterocycles. The van der Waals surface area contributed by atoms with E-state index in [4.69, 9.17) is 9.31 Å². The smallest absolute Gasteiger partial charge is 0.403 e. The van der Waals surface area contributed by atoms with Crippen LogP contribution in [-0.2, 0) is 9.31 Å². The Morgan fingerprint density at radius 2 is 1.55 bits per heavy atom. The first kappa shape index (κ1) is 13.7. The van der Waals surface area contributed by atoms with Crippen LogP contribution in [0.1, 0.15) is 33.3 Å². The SMILES string of the molecule is C=C1C=C(c2ccccc2)C1B1OC(C)(C)C(C)(C)O1. The summed E-state index contributed by atoms with van der Waals surface area (Å²) in [7, 11) is -0.243. The number of hydrogen-bond acceptors (Lipinski definition) is 2. The molecule has 0 bridgehead atoms. The molecule has 1 atom stereocenters.